The highest BCUT2D eigenvalue weighted by atomic mass is 16.5. The van der Waals surface area contributed by atoms with Crippen LogP contribution < -0.4 is 5.32 Å². The molecule has 0 bridgehead atoms. The summed E-state index contributed by atoms with van der Waals surface area (Å²) in [7, 11) is 3.55. The fraction of sp³-hybridized carbons (Fsp3) is 0.556. The van der Waals surface area contributed by atoms with Gasteiger partial charge in [-0.15, -0.1) is 0 Å². The number of aromatic nitrogens is 4. The number of rotatable bonds is 7. The lowest BCUT2D eigenvalue weighted by Crippen LogP contribution is -2.40. The van der Waals surface area contributed by atoms with Gasteiger partial charge in [-0.25, -0.2) is 15.0 Å². The lowest BCUT2D eigenvalue weighted by molar-refractivity contribution is -0.00410. The average molecular weight is 359 g/mol. The van der Waals surface area contributed by atoms with Crippen LogP contribution in [0.1, 0.15) is 36.3 Å². The molecule has 0 aliphatic heterocycles. The Morgan fingerprint density at radius 1 is 1.31 bits per heavy atom. The van der Waals surface area contributed by atoms with Crippen LogP contribution in [0.15, 0.2) is 24.8 Å². The number of hydrogen-bond donors (Lipinski definition) is 1. The lowest BCUT2D eigenvalue weighted by atomic mass is 9.93. The van der Waals surface area contributed by atoms with Crippen molar-refractivity contribution >= 4 is 5.91 Å². The zero-order valence-corrected chi connectivity index (χ0v) is 15.2. The number of ether oxygens (including phenoxy) is 2. The molecule has 0 unspecified atom stereocenters. The van der Waals surface area contributed by atoms with Crippen LogP contribution in [0.3, 0.4) is 0 Å². The van der Waals surface area contributed by atoms with Crippen molar-refractivity contribution < 1.29 is 14.3 Å². The molecule has 0 saturated heterocycles. The third-order valence-electron chi connectivity index (χ3n) is 4.59. The number of nitrogens with one attached hydrogen (secondary N) is 1. The van der Waals surface area contributed by atoms with Crippen molar-refractivity contribution in [3.05, 3.63) is 30.6 Å². The smallest absolute Gasteiger partial charge is 0.289 e. The van der Waals surface area contributed by atoms with Crippen molar-refractivity contribution in [2.45, 2.75) is 37.8 Å². The van der Waals surface area contributed by atoms with E-state index in [1.54, 1.807) is 31.9 Å². The molecule has 1 aliphatic carbocycles. The topological polar surface area (TPSA) is 91.2 Å². The summed E-state index contributed by atoms with van der Waals surface area (Å²) >= 11 is 0. The zero-order valence-electron chi connectivity index (χ0n) is 15.2. The number of imidazole rings is 1. The molecule has 0 spiro atoms. The Balaban J connectivity index is 1.54. The molecule has 1 aliphatic rings. The quantitative estimate of drug-likeness (QED) is 0.755. The van der Waals surface area contributed by atoms with E-state index >= 15 is 0 Å². The number of aryl methyl sites for hydroxylation is 1. The van der Waals surface area contributed by atoms with Gasteiger partial charge in [-0.2, -0.15) is 0 Å². The Morgan fingerprint density at radius 2 is 2.12 bits per heavy atom. The lowest BCUT2D eigenvalue weighted by Gasteiger charge is -2.28. The molecular weight excluding hydrogens is 334 g/mol. The first-order valence-electron chi connectivity index (χ1n) is 8.88. The molecule has 8 heteroatoms. The van der Waals surface area contributed by atoms with E-state index in [0.29, 0.717) is 18.9 Å². The first-order chi connectivity index (χ1) is 12.7. The summed E-state index contributed by atoms with van der Waals surface area (Å²) in [5.74, 6) is -0.0556. The molecule has 26 heavy (non-hydrogen) atoms. The van der Waals surface area contributed by atoms with Gasteiger partial charge in [-0.1, -0.05) is 0 Å². The summed E-state index contributed by atoms with van der Waals surface area (Å²) in [5, 5.41) is 3.04. The van der Waals surface area contributed by atoms with Crippen LogP contribution in [0, 0.1) is 0 Å². The summed E-state index contributed by atoms with van der Waals surface area (Å²) < 4.78 is 12.6. The van der Waals surface area contributed by atoms with E-state index in [1.807, 2.05) is 11.6 Å². The number of hydrogen-bond acceptors (Lipinski definition) is 6. The van der Waals surface area contributed by atoms with Crippen LogP contribution in [0.2, 0.25) is 0 Å². The van der Waals surface area contributed by atoms with Crippen molar-refractivity contribution in [1.29, 1.82) is 0 Å². The molecule has 1 fully saturated rings. The van der Waals surface area contributed by atoms with Crippen LogP contribution in [0.5, 0.6) is 0 Å². The minimum atomic E-state index is -0.238. The summed E-state index contributed by atoms with van der Waals surface area (Å²) in [6, 6.07) is 1.91. The highest BCUT2D eigenvalue weighted by molar-refractivity contribution is 5.91. The normalized spacial score (nSPS) is 20.1. The minimum absolute atomic E-state index is 0.133. The van der Waals surface area contributed by atoms with Gasteiger partial charge < -0.3 is 19.4 Å². The maximum Gasteiger partial charge on any atom is 0.289 e. The molecule has 2 heterocycles. The number of nitrogens with zero attached hydrogens (tertiary/aromatic N) is 4. The Morgan fingerprint density at radius 3 is 2.81 bits per heavy atom. The fourth-order valence-corrected chi connectivity index (χ4v) is 3.14. The second kappa shape index (κ2) is 8.86. The van der Waals surface area contributed by atoms with Crippen LogP contribution >= 0.6 is 0 Å². The van der Waals surface area contributed by atoms with Crippen LogP contribution in [-0.2, 0) is 16.5 Å². The van der Waals surface area contributed by atoms with Gasteiger partial charge in [-0.05, 0) is 31.7 Å². The second-order valence-electron chi connectivity index (χ2n) is 6.47. The zero-order chi connectivity index (χ0) is 18.4. The highest BCUT2D eigenvalue weighted by Crippen LogP contribution is 2.21. The molecule has 1 N–H and O–H groups in total. The van der Waals surface area contributed by atoms with Gasteiger partial charge in [0.05, 0.1) is 43.2 Å². The van der Waals surface area contributed by atoms with E-state index in [2.05, 4.69) is 20.3 Å². The van der Waals surface area contributed by atoms with Gasteiger partial charge in [0.15, 0.2) is 0 Å². The predicted molar refractivity (Wildman–Crippen MR) is 95.6 cm³/mol. The van der Waals surface area contributed by atoms with Crippen molar-refractivity contribution in [2.75, 3.05) is 20.3 Å². The third-order valence-corrected chi connectivity index (χ3v) is 4.59. The van der Waals surface area contributed by atoms with Gasteiger partial charge in [0, 0.05) is 26.4 Å². The van der Waals surface area contributed by atoms with Gasteiger partial charge in [0.2, 0.25) is 5.82 Å². The Labute approximate surface area is 153 Å². The van der Waals surface area contributed by atoms with Gasteiger partial charge in [-0.3, -0.25) is 4.79 Å². The maximum absolute atomic E-state index is 12.5. The van der Waals surface area contributed by atoms with E-state index in [4.69, 9.17) is 9.47 Å². The Kier molecular flexibility index (Phi) is 6.30. The third kappa shape index (κ3) is 4.64. The monoisotopic (exact) mass is 359 g/mol. The first kappa shape index (κ1) is 18.5. The highest BCUT2D eigenvalue weighted by Gasteiger charge is 2.24. The van der Waals surface area contributed by atoms with Crippen LogP contribution in [0.25, 0.3) is 11.4 Å². The predicted octanol–water partition coefficient (Wildman–Crippen LogP) is 1.58. The van der Waals surface area contributed by atoms with Gasteiger partial charge >= 0.3 is 0 Å². The molecule has 1 amide bonds. The first-order valence-corrected chi connectivity index (χ1v) is 8.88. The molecule has 3 rings (SSSR count). The molecule has 1 saturated carbocycles. The van der Waals surface area contributed by atoms with Crippen LogP contribution in [-0.4, -0.2) is 57.9 Å². The molecular formula is C18H25N5O3. The molecule has 0 radical (unpaired) electrons. The maximum atomic E-state index is 12.5. The second-order valence-corrected chi connectivity index (χ2v) is 6.47. The SMILES string of the molecule is COCCO[C@H]1CC[C@H](NC(=O)c2nccc(-c3cncn3C)n2)CC1. The van der Waals surface area contributed by atoms with Crippen molar-refractivity contribution in [3.8, 4) is 11.4 Å². The number of amides is 1. The van der Waals surface area contributed by atoms with Crippen molar-refractivity contribution in [1.82, 2.24) is 24.8 Å². The standard InChI is InChI=1S/C18H25N5O3/c1-23-12-19-11-16(23)15-7-8-20-17(22-15)18(24)21-13-3-5-14(6-4-13)26-10-9-25-2/h7-8,11-14H,3-6,9-10H2,1-2H3,(H,21,24)/t13-,14-. The minimum Gasteiger partial charge on any atom is -0.382 e. The van der Waals surface area contributed by atoms with E-state index in [0.717, 1.165) is 31.4 Å². The van der Waals surface area contributed by atoms with E-state index < -0.39 is 0 Å². The van der Waals surface area contributed by atoms with Gasteiger partial charge in [0.1, 0.15) is 0 Å². The number of carbonyl (C=O) groups excluding carboxylic acids is 1. The molecule has 0 atom stereocenters. The Hall–Kier alpha value is -2.32. The Bertz CT molecular complexity index is 725. The van der Waals surface area contributed by atoms with Crippen molar-refractivity contribution in [2.24, 2.45) is 7.05 Å². The van der Waals surface area contributed by atoms with E-state index in [-0.39, 0.29) is 23.9 Å². The number of methoxy groups -OCH3 is 1. The largest absolute Gasteiger partial charge is 0.382 e. The average Bonchev–Trinajstić information content (AvgIpc) is 3.09. The van der Waals surface area contributed by atoms with Crippen molar-refractivity contribution in [3.63, 3.8) is 0 Å². The van der Waals surface area contributed by atoms with Crippen LogP contribution in [0.4, 0.5) is 0 Å². The molecule has 2 aromatic rings. The summed E-state index contributed by atoms with van der Waals surface area (Å²) in [6.45, 7) is 1.23. The fourth-order valence-electron chi connectivity index (χ4n) is 3.14. The summed E-state index contributed by atoms with van der Waals surface area (Å²) in [4.78, 5) is 25.1. The van der Waals surface area contributed by atoms with Gasteiger partial charge in [0.25, 0.3) is 5.91 Å². The van der Waals surface area contributed by atoms with E-state index in [9.17, 15) is 4.79 Å². The van der Waals surface area contributed by atoms with E-state index in [1.165, 1.54) is 0 Å². The number of carbonyl (C=O) groups is 1. The summed E-state index contributed by atoms with van der Waals surface area (Å²) in [6.07, 6.45) is 8.93. The molecule has 0 aromatic carbocycles. The molecule has 140 valence electrons. The molecule has 8 nitrogen and oxygen atoms in total. The summed E-state index contributed by atoms with van der Waals surface area (Å²) in [5.41, 5.74) is 1.52. The molecule has 2 aromatic heterocycles.